The Bertz CT molecular complexity index is 1200. The fraction of sp³-hybridized carbons (Fsp3) is 0.579. The van der Waals surface area contributed by atoms with Gasteiger partial charge in [0.05, 0.1) is 30.6 Å². The number of carbonyl (C=O) groups excluding carboxylic acids is 2. The van der Waals surface area contributed by atoms with Crippen LogP contribution >= 0.6 is 0 Å². The minimum atomic E-state index is -1.74. The maximum absolute atomic E-state index is 14.1. The second-order valence-corrected chi connectivity index (χ2v) is 18.2. The molecule has 0 saturated carbocycles. The fourth-order valence-corrected chi connectivity index (χ4v) is 6.46. The standard InChI is InChI=1S/C38H55NO4Si/c1-7-8-9-10-11-12-13-14-21-26-35(42-29-32-22-17-15-18-23-32)34(27-28-44(4,5)6)30(2)37(40)39-31(3)36(43-38(39)41)33-24-19-16-20-25-33/h15-20,22-25,30-31,34-36H,7-14,21,26,29H2,1-6H3/t30-,31+,34+,35+,36+/m0/s1. The molecule has 2 aromatic carbocycles. The largest absolute Gasteiger partial charge is 0.439 e. The average Bonchev–Trinajstić information content (AvgIpc) is 3.31. The van der Waals surface area contributed by atoms with Crippen molar-refractivity contribution < 1.29 is 19.1 Å². The van der Waals surface area contributed by atoms with Crippen molar-refractivity contribution in [3.63, 3.8) is 0 Å². The minimum absolute atomic E-state index is 0.221. The predicted octanol–water partition coefficient (Wildman–Crippen LogP) is 9.73. The SMILES string of the molecule is CCCCCCCCCCC[C@@H](OCc1ccccc1)[C@H](C#C[Si](C)(C)C)[C@H](C)C(=O)N1C(=O)O[C@@H](c2ccccc2)[C@H]1C. The molecule has 0 spiro atoms. The summed E-state index contributed by atoms with van der Waals surface area (Å²) in [7, 11) is -1.74. The second kappa shape index (κ2) is 18.2. The van der Waals surface area contributed by atoms with Crippen LogP contribution in [0, 0.1) is 23.3 Å². The van der Waals surface area contributed by atoms with E-state index in [2.05, 4.69) is 50.2 Å². The lowest BCUT2D eigenvalue weighted by Crippen LogP contribution is -2.45. The van der Waals surface area contributed by atoms with E-state index in [-0.39, 0.29) is 17.9 Å². The maximum atomic E-state index is 14.1. The molecule has 2 amide bonds. The van der Waals surface area contributed by atoms with E-state index in [1.54, 1.807) is 0 Å². The van der Waals surface area contributed by atoms with Crippen LogP contribution in [-0.2, 0) is 20.9 Å². The summed E-state index contributed by atoms with van der Waals surface area (Å²) in [5, 5.41) is 0. The molecule has 1 fully saturated rings. The number of amides is 2. The van der Waals surface area contributed by atoms with Gasteiger partial charge in [-0.25, -0.2) is 9.69 Å². The molecule has 240 valence electrons. The highest BCUT2D eigenvalue weighted by Crippen LogP contribution is 2.35. The number of cyclic esters (lactones) is 1. The molecule has 0 N–H and O–H groups in total. The van der Waals surface area contributed by atoms with Crippen molar-refractivity contribution in [2.45, 2.75) is 129 Å². The molecule has 5 atom stereocenters. The molecule has 6 heteroatoms. The van der Waals surface area contributed by atoms with Crippen molar-refractivity contribution in [2.75, 3.05) is 0 Å². The molecule has 1 aliphatic rings. The van der Waals surface area contributed by atoms with Gasteiger partial charge in [0.2, 0.25) is 5.91 Å². The zero-order valence-corrected chi connectivity index (χ0v) is 29.0. The molecule has 0 unspecified atom stereocenters. The van der Waals surface area contributed by atoms with E-state index in [4.69, 9.17) is 9.47 Å². The van der Waals surface area contributed by atoms with Gasteiger partial charge in [0.25, 0.3) is 0 Å². The molecule has 1 heterocycles. The van der Waals surface area contributed by atoms with Crippen molar-refractivity contribution in [1.82, 2.24) is 4.90 Å². The summed E-state index contributed by atoms with van der Waals surface area (Å²) in [5.41, 5.74) is 5.53. The molecular formula is C38H55NO4Si. The molecule has 1 saturated heterocycles. The Morgan fingerprint density at radius 1 is 0.909 bits per heavy atom. The van der Waals surface area contributed by atoms with Crippen LogP contribution in [0.15, 0.2) is 60.7 Å². The van der Waals surface area contributed by atoms with Crippen molar-refractivity contribution in [1.29, 1.82) is 0 Å². The molecule has 0 aliphatic carbocycles. The first-order chi connectivity index (χ1) is 21.1. The Hall–Kier alpha value is -2.88. The van der Waals surface area contributed by atoms with Crippen LogP contribution in [0.1, 0.15) is 102 Å². The summed E-state index contributed by atoms with van der Waals surface area (Å²) in [6.45, 7) is 13.2. The van der Waals surface area contributed by atoms with Gasteiger partial charge >= 0.3 is 6.09 Å². The lowest BCUT2D eigenvalue weighted by molar-refractivity contribution is -0.136. The number of ether oxygens (including phenoxy) is 2. The number of nitrogens with zero attached hydrogens (tertiary/aromatic N) is 1. The van der Waals surface area contributed by atoms with Crippen LogP contribution in [0.5, 0.6) is 0 Å². The van der Waals surface area contributed by atoms with E-state index in [0.717, 1.165) is 30.4 Å². The smallest absolute Gasteiger partial charge is 0.417 e. The summed E-state index contributed by atoms with van der Waals surface area (Å²) < 4.78 is 12.4. The van der Waals surface area contributed by atoms with Crippen LogP contribution < -0.4 is 0 Å². The Labute approximate surface area is 268 Å². The van der Waals surface area contributed by atoms with E-state index in [1.165, 1.54) is 49.8 Å². The highest BCUT2D eigenvalue weighted by atomic mass is 28.3. The average molecular weight is 618 g/mol. The lowest BCUT2D eigenvalue weighted by Gasteiger charge is -2.31. The zero-order chi connectivity index (χ0) is 32.0. The summed E-state index contributed by atoms with van der Waals surface area (Å²) in [4.78, 5) is 28.6. The molecular weight excluding hydrogens is 563 g/mol. The molecule has 0 aromatic heterocycles. The van der Waals surface area contributed by atoms with Gasteiger partial charge < -0.3 is 9.47 Å². The molecule has 1 aliphatic heterocycles. The third kappa shape index (κ3) is 11.2. The van der Waals surface area contributed by atoms with Gasteiger partial charge in [0.15, 0.2) is 0 Å². The fourth-order valence-electron chi connectivity index (χ4n) is 5.86. The lowest BCUT2D eigenvalue weighted by atomic mass is 9.85. The highest BCUT2D eigenvalue weighted by Gasteiger charge is 2.46. The third-order valence-corrected chi connectivity index (χ3v) is 9.37. The zero-order valence-electron chi connectivity index (χ0n) is 28.0. The van der Waals surface area contributed by atoms with Crippen molar-refractivity contribution in [2.24, 2.45) is 11.8 Å². The Morgan fingerprint density at radius 3 is 2.07 bits per heavy atom. The number of carbonyl (C=O) groups is 2. The van der Waals surface area contributed by atoms with Gasteiger partial charge in [-0.15, -0.1) is 11.5 Å². The van der Waals surface area contributed by atoms with Crippen LogP contribution in [0.3, 0.4) is 0 Å². The van der Waals surface area contributed by atoms with E-state index < -0.39 is 32.2 Å². The number of unbranched alkanes of at least 4 members (excludes halogenated alkanes) is 8. The van der Waals surface area contributed by atoms with Crippen LogP contribution in [-0.4, -0.2) is 37.1 Å². The Morgan fingerprint density at radius 2 is 1.48 bits per heavy atom. The van der Waals surface area contributed by atoms with Gasteiger partial charge in [-0.2, -0.15) is 0 Å². The van der Waals surface area contributed by atoms with Crippen LogP contribution in [0.4, 0.5) is 4.79 Å². The highest BCUT2D eigenvalue weighted by molar-refractivity contribution is 6.83. The number of imide groups is 1. The van der Waals surface area contributed by atoms with E-state index in [9.17, 15) is 9.59 Å². The van der Waals surface area contributed by atoms with Gasteiger partial charge in [-0.3, -0.25) is 4.79 Å². The normalized spacial score (nSPS) is 18.7. The first kappa shape index (κ1) is 35.6. The molecule has 2 aromatic rings. The summed E-state index contributed by atoms with van der Waals surface area (Å²) in [5.74, 6) is 2.44. The van der Waals surface area contributed by atoms with E-state index in [0.29, 0.717) is 6.61 Å². The molecule has 5 nitrogen and oxygen atoms in total. The minimum Gasteiger partial charge on any atom is -0.439 e. The number of benzene rings is 2. The topological polar surface area (TPSA) is 55.8 Å². The summed E-state index contributed by atoms with van der Waals surface area (Å²) in [6.07, 6.45) is 10.8. The number of hydrogen-bond donors (Lipinski definition) is 0. The predicted molar refractivity (Wildman–Crippen MR) is 183 cm³/mol. The van der Waals surface area contributed by atoms with Crippen molar-refractivity contribution in [3.8, 4) is 11.5 Å². The van der Waals surface area contributed by atoms with Crippen LogP contribution in [0.25, 0.3) is 0 Å². The van der Waals surface area contributed by atoms with Crippen molar-refractivity contribution >= 4 is 20.1 Å². The Balaban J connectivity index is 1.78. The summed E-state index contributed by atoms with van der Waals surface area (Å²) in [6, 6.07) is 19.4. The van der Waals surface area contributed by atoms with Gasteiger partial charge in [-0.1, -0.05) is 152 Å². The number of rotatable bonds is 17. The maximum Gasteiger partial charge on any atom is 0.417 e. The van der Waals surface area contributed by atoms with E-state index >= 15 is 0 Å². The van der Waals surface area contributed by atoms with Gasteiger partial charge in [-0.05, 0) is 24.5 Å². The first-order valence-corrected chi connectivity index (χ1v) is 20.4. The van der Waals surface area contributed by atoms with Crippen LogP contribution in [0.2, 0.25) is 19.6 Å². The number of hydrogen-bond acceptors (Lipinski definition) is 4. The molecule has 44 heavy (non-hydrogen) atoms. The third-order valence-electron chi connectivity index (χ3n) is 8.48. The first-order valence-electron chi connectivity index (χ1n) is 16.9. The van der Waals surface area contributed by atoms with Gasteiger partial charge in [0.1, 0.15) is 14.2 Å². The quantitative estimate of drug-likeness (QED) is 0.101. The van der Waals surface area contributed by atoms with Gasteiger partial charge in [0, 0.05) is 0 Å². The van der Waals surface area contributed by atoms with E-state index in [1.807, 2.05) is 62.4 Å². The summed E-state index contributed by atoms with van der Waals surface area (Å²) >= 11 is 0. The van der Waals surface area contributed by atoms with Crippen molar-refractivity contribution in [3.05, 3.63) is 71.8 Å². The molecule has 0 bridgehead atoms. The molecule has 0 radical (unpaired) electrons. The monoisotopic (exact) mass is 617 g/mol. The second-order valence-electron chi connectivity index (χ2n) is 13.4. The molecule has 3 rings (SSSR count). The Kier molecular flexibility index (Phi) is 14.7.